The fraction of sp³-hybridized carbons (Fsp3) is 0.393. The van der Waals surface area contributed by atoms with E-state index in [1.54, 1.807) is 37.6 Å². The maximum Gasteiger partial charge on any atom is 0.310 e. The van der Waals surface area contributed by atoms with Crippen molar-refractivity contribution in [3.63, 3.8) is 0 Å². The van der Waals surface area contributed by atoms with Gasteiger partial charge in [0.25, 0.3) is 0 Å². The van der Waals surface area contributed by atoms with Crippen LogP contribution in [0.25, 0.3) is 17.1 Å². The van der Waals surface area contributed by atoms with Gasteiger partial charge in [0, 0.05) is 38.7 Å². The fourth-order valence-electron chi connectivity index (χ4n) is 3.66. The largest absolute Gasteiger partial charge is 0.460 e. The average Bonchev–Trinajstić information content (AvgIpc) is 3.14. The number of carbonyl (C=O) groups is 1. The van der Waals surface area contributed by atoms with Gasteiger partial charge >= 0.3 is 5.97 Å². The summed E-state index contributed by atoms with van der Waals surface area (Å²) < 4.78 is 48.6. The van der Waals surface area contributed by atoms with E-state index in [0.29, 0.717) is 23.2 Å². The number of fused-ring (bicyclic) bond motifs is 1. The van der Waals surface area contributed by atoms with Crippen molar-refractivity contribution in [3.8, 4) is 17.6 Å². The molecule has 10 heteroatoms. The quantitative estimate of drug-likeness (QED) is 0.121. The molecular formula is C28H33F2N3O4Si. The summed E-state index contributed by atoms with van der Waals surface area (Å²) in [6, 6.07) is 6.54. The highest BCUT2D eigenvalue weighted by atomic mass is 28.3. The summed E-state index contributed by atoms with van der Waals surface area (Å²) in [7, 11) is -1.26. The first-order valence-electron chi connectivity index (χ1n) is 12.3. The molecule has 2 heterocycles. The molecule has 3 rings (SSSR count). The molecule has 0 aliphatic heterocycles. The number of nitriles is 1. The molecule has 0 unspecified atom stereocenters. The maximum atomic E-state index is 15.0. The monoisotopic (exact) mass is 541 g/mol. The van der Waals surface area contributed by atoms with Gasteiger partial charge in [0.2, 0.25) is 0 Å². The number of halogens is 2. The van der Waals surface area contributed by atoms with Crippen LogP contribution in [0.3, 0.4) is 0 Å². The molecule has 202 valence electrons. The summed E-state index contributed by atoms with van der Waals surface area (Å²) in [6.07, 6.45) is 5.82. The number of benzene rings is 1. The van der Waals surface area contributed by atoms with Crippen LogP contribution in [-0.2, 0) is 27.4 Å². The molecule has 0 saturated carbocycles. The first-order chi connectivity index (χ1) is 17.8. The van der Waals surface area contributed by atoms with Crippen molar-refractivity contribution in [1.82, 2.24) is 9.55 Å². The van der Waals surface area contributed by atoms with Gasteiger partial charge in [0.1, 0.15) is 23.7 Å². The standard InChI is InChI=1S/C28H33F2N3O4Si/c1-28(2,3)37-24(34)16-19-14-21(29)26(22(30)15-19)36-23-9-11-32-27-25(23)20(8-7-10-31)17-33(27)18-35-12-13-38(4,5)6/h7-9,11,14-15,17H,12-13,16,18H2,1-6H3. The third-order valence-corrected chi connectivity index (χ3v) is 7.06. The van der Waals surface area contributed by atoms with Gasteiger partial charge in [-0.25, -0.2) is 13.8 Å². The lowest BCUT2D eigenvalue weighted by atomic mass is 10.1. The van der Waals surface area contributed by atoms with Gasteiger partial charge in [-0.1, -0.05) is 19.6 Å². The molecule has 0 saturated heterocycles. The fourth-order valence-corrected chi connectivity index (χ4v) is 4.42. The minimum absolute atomic E-state index is 0.126. The van der Waals surface area contributed by atoms with Gasteiger partial charge < -0.3 is 18.8 Å². The van der Waals surface area contributed by atoms with E-state index >= 15 is 0 Å². The van der Waals surface area contributed by atoms with Crippen LogP contribution in [0.5, 0.6) is 11.5 Å². The Kier molecular flexibility index (Phi) is 9.07. The Bertz CT molecular complexity index is 1360. The van der Waals surface area contributed by atoms with E-state index in [1.807, 2.05) is 6.07 Å². The summed E-state index contributed by atoms with van der Waals surface area (Å²) in [6.45, 7) is 12.8. The SMILES string of the molecule is CC(C)(C)OC(=O)Cc1cc(F)c(Oc2ccnc3c2c(C=CC#N)cn3COCC[Si](C)(C)C)c(F)c1. The number of hydrogen-bond acceptors (Lipinski definition) is 6. The molecule has 0 bridgehead atoms. The molecule has 0 amide bonds. The van der Waals surface area contributed by atoms with E-state index in [4.69, 9.17) is 19.5 Å². The highest BCUT2D eigenvalue weighted by molar-refractivity contribution is 6.76. The molecule has 2 aromatic heterocycles. The Morgan fingerprint density at radius 3 is 2.50 bits per heavy atom. The molecule has 0 radical (unpaired) electrons. The van der Waals surface area contributed by atoms with Gasteiger partial charge in [-0.15, -0.1) is 0 Å². The number of allylic oxidation sites excluding steroid dienone is 1. The van der Waals surface area contributed by atoms with Crippen LogP contribution in [0.1, 0.15) is 31.9 Å². The number of pyridine rings is 1. The number of aromatic nitrogens is 2. The van der Waals surface area contributed by atoms with Crippen molar-refractivity contribution < 1.29 is 27.8 Å². The van der Waals surface area contributed by atoms with E-state index in [1.165, 1.54) is 18.3 Å². The topological polar surface area (TPSA) is 86.4 Å². The lowest BCUT2D eigenvalue weighted by Gasteiger charge is -2.19. The van der Waals surface area contributed by atoms with Crippen molar-refractivity contribution in [2.45, 2.75) is 65.2 Å². The van der Waals surface area contributed by atoms with Crippen molar-refractivity contribution in [2.24, 2.45) is 0 Å². The van der Waals surface area contributed by atoms with Crippen molar-refractivity contribution in [2.75, 3.05) is 6.61 Å². The molecule has 0 aliphatic carbocycles. The molecule has 3 aromatic rings. The highest BCUT2D eigenvalue weighted by Gasteiger charge is 2.21. The van der Waals surface area contributed by atoms with E-state index in [2.05, 4.69) is 24.6 Å². The second-order valence-electron chi connectivity index (χ2n) is 11.1. The zero-order chi connectivity index (χ0) is 28.1. The third kappa shape index (κ3) is 7.97. The normalized spacial score (nSPS) is 12.2. The van der Waals surface area contributed by atoms with Crippen molar-refractivity contribution in [1.29, 1.82) is 5.26 Å². The van der Waals surface area contributed by atoms with Crippen LogP contribution in [0.15, 0.2) is 36.7 Å². The predicted molar refractivity (Wildman–Crippen MR) is 144 cm³/mol. The molecule has 0 spiro atoms. The molecule has 0 N–H and O–H groups in total. The molecule has 7 nitrogen and oxygen atoms in total. The summed E-state index contributed by atoms with van der Waals surface area (Å²) in [4.78, 5) is 16.5. The summed E-state index contributed by atoms with van der Waals surface area (Å²) in [5.41, 5.74) is 0.481. The van der Waals surface area contributed by atoms with Crippen LogP contribution in [-0.4, -0.2) is 35.8 Å². The second kappa shape index (κ2) is 11.9. The van der Waals surface area contributed by atoms with Gasteiger partial charge in [-0.2, -0.15) is 5.26 Å². The zero-order valence-electron chi connectivity index (χ0n) is 22.6. The van der Waals surface area contributed by atoms with Crippen molar-refractivity contribution in [3.05, 3.63) is 59.4 Å². The Morgan fingerprint density at radius 1 is 1.21 bits per heavy atom. The summed E-state index contributed by atoms with van der Waals surface area (Å²) in [5, 5.41) is 9.52. The first-order valence-corrected chi connectivity index (χ1v) is 16.0. The van der Waals surface area contributed by atoms with Gasteiger partial charge in [-0.05, 0) is 56.7 Å². The molecule has 38 heavy (non-hydrogen) atoms. The lowest BCUT2D eigenvalue weighted by Crippen LogP contribution is -2.25. The maximum absolute atomic E-state index is 15.0. The van der Waals surface area contributed by atoms with E-state index in [0.717, 1.165) is 18.2 Å². The van der Waals surface area contributed by atoms with E-state index in [-0.39, 0.29) is 24.5 Å². The Labute approximate surface area is 222 Å². The zero-order valence-corrected chi connectivity index (χ0v) is 23.6. The number of ether oxygens (including phenoxy) is 3. The van der Waals surface area contributed by atoms with E-state index in [9.17, 15) is 13.6 Å². The minimum Gasteiger partial charge on any atom is -0.460 e. The number of rotatable bonds is 10. The molecule has 0 fully saturated rings. The molecule has 0 aliphatic rings. The smallest absolute Gasteiger partial charge is 0.310 e. The van der Waals surface area contributed by atoms with Crippen LogP contribution < -0.4 is 4.74 Å². The number of hydrogen-bond donors (Lipinski definition) is 0. The second-order valence-corrected chi connectivity index (χ2v) is 16.7. The summed E-state index contributed by atoms with van der Waals surface area (Å²) in [5.74, 6) is -2.97. The average molecular weight is 542 g/mol. The van der Waals surface area contributed by atoms with Gasteiger partial charge in [-0.3, -0.25) is 4.79 Å². The van der Waals surface area contributed by atoms with E-state index < -0.39 is 37.0 Å². The van der Waals surface area contributed by atoms with Crippen molar-refractivity contribution >= 4 is 31.2 Å². The number of esters is 1. The Balaban J connectivity index is 1.91. The van der Waals surface area contributed by atoms with Gasteiger partial charge in [0.05, 0.1) is 17.9 Å². The Morgan fingerprint density at radius 2 is 1.89 bits per heavy atom. The molecule has 1 aromatic carbocycles. The predicted octanol–water partition coefficient (Wildman–Crippen LogP) is 6.84. The molecule has 0 atom stereocenters. The van der Waals surface area contributed by atoms with Gasteiger partial charge in [0.15, 0.2) is 17.4 Å². The van der Waals surface area contributed by atoms with Crippen LogP contribution in [0.2, 0.25) is 25.7 Å². The number of carbonyl (C=O) groups excluding carboxylic acids is 1. The highest BCUT2D eigenvalue weighted by Crippen LogP contribution is 2.36. The summed E-state index contributed by atoms with van der Waals surface area (Å²) >= 11 is 0. The van der Waals surface area contributed by atoms with Crippen LogP contribution >= 0.6 is 0 Å². The minimum atomic E-state index is -1.26. The van der Waals surface area contributed by atoms with Crippen LogP contribution in [0.4, 0.5) is 8.78 Å². The molecular weight excluding hydrogens is 508 g/mol. The number of nitrogens with zero attached hydrogens (tertiary/aromatic N) is 3. The Hall–Kier alpha value is -3.55. The van der Waals surface area contributed by atoms with Crippen LogP contribution in [0, 0.1) is 23.0 Å². The first kappa shape index (κ1) is 29.0. The third-order valence-electron chi connectivity index (χ3n) is 5.35. The lowest BCUT2D eigenvalue weighted by molar-refractivity contribution is -0.153.